The number of hydrogen-bond donors (Lipinski definition) is 3. The Hall–Kier alpha value is -3.60. The summed E-state index contributed by atoms with van der Waals surface area (Å²) < 4.78 is 0. The van der Waals surface area contributed by atoms with E-state index in [9.17, 15) is 15.0 Å². The zero-order valence-corrected chi connectivity index (χ0v) is 14.2. The van der Waals surface area contributed by atoms with Crippen molar-refractivity contribution in [3.05, 3.63) is 95.1 Å². The predicted molar refractivity (Wildman–Crippen MR) is 100 cm³/mol. The molecule has 3 N–H and O–H groups in total. The molecule has 0 spiro atoms. The fourth-order valence-corrected chi connectivity index (χ4v) is 2.56. The summed E-state index contributed by atoms with van der Waals surface area (Å²) in [4.78, 5) is 12.4. The number of phenols is 2. The lowest BCUT2D eigenvalue weighted by Crippen LogP contribution is -2.20. The Morgan fingerprint density at radius 2 is 1.62 bits per heavy atom. The molecule has 3 aromatic carbocycles. The number of nitrogens with one attached hydrogen (secondary N) is 1. The highest BCUT2D eigenvalue weighted by molar-refractivity contribution is 6.13. The molecule has 0 saturated heterocycles. The van der Waals surface area contributed by atoms with Gasteiger partial charge < -0.3 is 10.2 Å². The lowest BCUT2D eigenvalue weighted by molar-refractivity contribution is 0.0952. The van der Waals surface area contributed by atoms with Crippen molar-refractivity contribution in [1.29, 1.82) is 0 Å². The van der Waals surface area contributed by atoms with Crippen LogP contribution < -0.4 is 5.43 Å². The van der Waals surface area contributed by atoms with E-state index >= 15 is 0 Å². The van der Waals surface area contributed by atoms with Crippen LogP contribution in [0.15, 0.2) is 77.9 Å². The molecule has 1 amide bonds. The Bertz CT molecular complexity index is 966. The standard InChI is InChI=1S/C21H18N2O3/c1-14-6-5-9-16(12-14)20(15-7-3-2-4-8-15)22-23-21(26)18-13-17(24)10-11-19(18)25/h2-13,24-25H,1H3,(H,23,26)/b22-20+. The summed E-state index contributed by atoms with van der Waals surface area (Å²) in [5.41, 5.74) is 5.79. The number of carbonyl (C=O) groups is 1. The number of nitrogens with zero attached hydrogens (tertiary/aromatic N) is 1. The van der Waals surface area contributed by atoms with Crippen LogP contribution in [0.1, 0.15) is 27.0 Å². The molecule has 0 aromatic heterocycles. The second kappa shape index (κ2) is 7.53. The van der Waals surface area contributed by atoms with Crippen LogP contribution in [-0.2, 0) is 0 Å². The summed E-state index contributed by atoms with van der Waals surface area (Å²) in [5, 5.41) is 23.6. The molecule has 5 heteroatoms. The number of benzene rings is 3. The average Bonchev–Trinajstić information content (AvgIpc) is 2.65. The highest BCUT2D eigenvalue weighted by atomic mass is 16.3. The van der Waals surface area contributed by atoms with E-state index in [1.165, 1.54) is 18.2 Å². The number of amides is 1. The van der Waals surface area contributed by atoms with Crippen molar-refractivity contribution in [3.63, 3.8) is 0 Å². The summed E-state index contributed by atoms with van der Waals surface area (Å²) in [6, 6.07) is 21.0. The van der Waals surface area contributed by atoms with Gasteiger partial charge in [0.15, 0.2) is 0 Å². The molecule has 0 unspecified atom stereocenters. The number of hydrogen-bond acceptors (Lipinski definition) is 4. The number of rotatable bonds is 4. The Kier molecular flexibility index (Phi) is 4.99. The molecule has 3 aromatic rings. The second-order valence-electron chi connectivity index (χ2n) is 5.84. The van der Waals surface area contributed by atoms with Gasteiger partial charge in [-0.3, -0.25) is 4.79 Å². The van der Waals surface area contributed by atoms with E-state index in [4.69, 9.17) is 0 Å². The molecule has 0 bridgehead atoms. The Morgan fingerprint density at radius 3 is 2.35 bits per heavy atom. The molecule has 3 rings (SSSR count). The van der Waals surface area contributed by atoms with Crippen LogP contribution in [-0.4, -0.2) is 21.8 Å². The summed E-state index contributed by atoms with van der Waals surface area (Å²) in [6.07, 6.45) is 0. The van der Waals surface area contributed by atoms with Gasteiger partial charge in [0.2, 0.25) is 0 Å². The molecule has 0 aliphatic heterocycles. The first-order valence-electron chi connectivity index (χ1n) is 8.07. The molecule has 0 heterocycles. The van der Waals surface area contributed by atoms with E-state index in [2.05, 4.69) is 10.5 Å². The van der Waals surface area contributed by atoms with Crippen molar-refractivity contribution in [3.8, 4) is 11.5 Å². The number of aromatic hydroxyl groups is 2. The van der Waals surface area contributed by atoms with Gasteiger partial charge in [0, 0.05) is 11.1 Å². The molecule has 0 aliphatic carbocycles. The van der Waals surface area contributed by atoms with Crippen LogP contribution in [0.25, 0.3) is 0 Å². The minimum absolute atomic E-state index is 0.0506. The summed E-state index contributed by atoms with van der Waals surface area (Å²) in [6.45, 7) is 1.98. The maximum Gasteiger partial charge on any atom is 0.275 e. The van der Waals surface area contributed by atoms with E-state index < -0.39 is 5.91 Å². The maximum absolute atomic E-state index is 12.4. The van der Waals surface area contributed by atoms with Gasteiger partial charge in [-0.05, 0) is 31.2 Å². The minimum Gasteiger partial charge on any atom is -0.508 e. The quantitative estimate of drug-likeness (QED) is 0.384. The van der Waals surface area contributed by atoms with Gasteiger partial charge in [0.25, 0.3) is 5.91 Å². The van der Waals surface area contributed by atoms with Gasteiger partial charge in [-0.2, -0.15) is 5.10 Å². The third-order valence-corrected chi connectivity index (χ3v) is 3.83. The first kappa shape index (κ1) is 17.2. The Labute approximate surface area is 151 Å². The van der Waals surface area contributed by atoms with Gasteiger partial charge >= 0.3 is 0 Å². The van der Waals surface area contributed by atoms with Gasteiger partial charge in [0.05, 0.1) is 11.3 Å². The number of carbonyl (C=O) groups excluding carboxylic acids is 1. The number of aryl methyl sites for hydroxylation is 1. The SMILES string of the molecule is Cc1cccc(/C(=N/NC(=O)c2cc(O)ccc2O)c2ccccc2)c1. The fourth-order valence-electron chi connectivity index (χ4n) is 2.56. The van der Waals surface area contributed by atoms with Gasteiger partial charge in [-0.15, -0.1) is 0 Å². The van der Waals surface area contributed by atoms with Crippen molar-refractivity contribution >= 4 is 11.6 Å². The fraction of sp³-hybridized carbons (Fsp3) is 0.0476. The second-order valence-corrected chi connectivity index (χ2v) is 5.84. The molecular weight excluding hydrogens is 328 g/mol. The third kappa shape index (κ3) is 3.89. The van der Waals surface area contributed by atoms with Crippen LogP contribution in [0.3, 0.4) is 0 Å². The maximum atomic E-state index is 12.4. The van der Waals surface area contributed by atoms with Crippen LogP contribution in [0, 0.1) is 6.92 Å². The Morgan fingerprint density at radius 1 is 0.885 bits per heavy atom. The first-order chi connectivity index (χ1) is 12.5. The van der Waals surface area contributed by atoms with E-state index in [-0.39, 0.29) is 17.1 Å². The Balaban J connectivity index is 1.97. The molecule has 0 aliphatic rings. The monoisotopic (exact) mass is 346 g/mol. The third-order valence-electron chi connectivity index (χ3n) is 3.83. The minimum atomic E-state index is -0.612. The van der Waals surface area contributed by atoms with Gasteiger partial charge in [-0.1, -0.05) is 54.1 Å². The first-order valence-corrected chi connectivity index (χ1v) is 8.07. The van der Waals surface area contributed by atoms with E-state index in [1.54, 1.807) is 0 Å². The molecule has 0 radical (unpaired) electrons. The number of phenolic OH excluding ortho intramolecular Hbond substituents is 2. The van der Waals surface area contributed by atoms with Crippen LogP contribution >= 0.6 is 0 Å². The molecule has 130 valence electrons. The number of hydrazone groups is 1. The van der Waals surface area contributed by atoms with E-state index in [0.717, 1.165) is 16.7 Å². The predicted octanol–water partition coefficient (Wildman–Crippen LogP) is 3.59. The van der Waals surface area contributed by atoms with Gasteiger partial charge in [0.1, 0.15) is 11.5 Å². The average molecular weight is 346 g/mol. The van der Waals surface area contributed by atoms with Crippen LogP contribution in [0.4, 0.5) is 0 Å². The molecule has 0 fully saturated rings. The van der Waals surface area contributed by atoms with Crippen molar-refractivity contribution < 1.29 is 15.0 Å². The highest BCUT2D eigenvalue weighted by Crippen LogP contribution is 2.22. The topological polar surface area (TPSA) is 81.9 Å². The van der Waals surface area contributed by atoms with Crippen LogP contribution in [0.5, 0.6) is 11.5 Å². The summed E-state index contributed by atoms with van der Waals surface area (Å²) >= 11 is 0. The zero-order chi connectivity index (χ0) is 18.5. The van der Waals surface area contributed by atoms with Gasteiger partial charge in [-0.25, -0.2) is 5.43 Å². The van der Waals surface area contributed by atoms with Crippen molar-refractivity contribution in [1.82, 2.24) is 5.43 Å². The smallest absolute Gasteiger partial charge is 0.275 e. The van der Waals surface area contributed by atoms with Crippen molar-refractivity contribution in [2.24, 2.45) is 5.10 Å². The van der Waals surface area contributed by atoms with Crippen molar-refractivity contribution in [2.75, 3.05) is 0 Å². The van der Waals surface area contributed by atoms with E-state index in [0.29, 0.717) is 5.71 Å². The molecule has 0 atom stereocenters. The molecular formula is C21H18N2O3. The zero-order valence-electron chi connectivity index (χ0n) is 14.2. The molecule has 26 heavy (non-hydrogen) atoms. The summed E-state index contributed by atoms with van der Waals surface area (Å²) in [7, 11) is 0. The molecule has 0 saturated carbocycles. The lowest BCUT2D eigenvalue weighted by atomic mass is 10.0. The largest absolute Gasteiger partial charge is 0.508 e. The van der Waals surface area contributed by atoms with E-state index in [1.807, 2.05) is 61.5 Å². The normalized spacial score (nSPS) is 11.2. The van der Waals surface area contributed by atoms with Crippen molar-refractivity contribution in [2.45, 2.75) is 6.92 Å². The highest BCUT2D eigenvalue weighted by Gasteiger charge is 2.13. The molecule has 5 nitrogen and oxygen atoms in total. The lowest BCUT2D eigenvalue weighted by Gasteiger charge is -2.09. The van der Waals surface area contributed by atoms with Crippen LogP contribution in [0.2, 0.25) is 0 Å². The summed E-state index contributed by atoms with van der Waals surface area (Å²) in [5.74, 6) is -0.953.